The van der Waals surface area contributed by atoms with Gasteiger partial charge in [-0.2, -0.15) is 5.10 Å². The van der Waals surface area contributed by atoms with Crippen LogP contribution in [0.2, 0.25) is 0 Å². The van der Waals surface area contributed by atoms with Gasteiger partial charge in [-0.3, -0.25) is 15.1 Å². The Hall–Kier alpha value is -1.97. The van der Waals surface area contributed by atoms with Crippen LogP contribution in [0, 0.1) is 0 Å². The molecule has 0 saturated heterocycles. The van der Waals surface area contributed by atoms with Gasteiger partial charge in [0.25, 0.3) is 0 Å². The Morgan fingerprint density at radius 2 is 2.27 bits per heavy atom. The van der Waals surface area contributed by atoms with Gasteiger partial charge in [0.15, 0.2) is 0 Å². The summed E-state index contributed by atoms with van der Waals surface area (Å²) in [6, 6.07) is 4.06. The van der Waals surface area contributed by atoms with Crippen molar-refractivity contribution in [3.8, 4) is 11.3 Å². The third-order valence-electron chi connectivity index (χ3n) is 2.51. The summed E-state index contributed by atoms with van der Waals surface area (Å²) in [6.07, 6.45) is 6.46. The lowest BCUT2D eigenvalue weighted by molar-refractivity contribution is 0.908. The van der Waals surface area contributed by atoms with E-state index in [1.807, 2.05) is 18.5 Å². The molecule has 1 N–H and O–H groups in total. The van der Waals surface area contributed by atoms with Gasteiger partial charge in [0, 0.05) is 36.5 Å². The molecule has 0 aliphatic carbocycles. The molecule has 74 valence electrons. The van der Waals surface area contributed by atoms with Crippen LogP contribution in [-0.4, -0.2) is 27.9 Å². The highest BCUT2D eigenvalue weighted by atomic mass is 15.1. The fourth-order valence-electron chi connectivity index (χ4n) is 1.71. The Bertz CT molecular complexity index is 499. The highest BCUT2D eigenvalue weighted by Crippen LogP contribution is 2.18. The van der Waals surface area contributed by atoms with Gasteiger partial charge in [0.1, 0.15) is 0 Å². The smallest absolute Gasteiger partial charge is 0.0737 e. The molecule has 0 amide bonds. The largest absolute Gasteiger partial charge is 0.292 e. The van der Waals surface area contributed by atoms with Crippen LogP contribution in [0.4, 0.5) is 0 Å². The van der Waals surface area contributed by atoms with Crippen molar-refractivity contribution in [1.82, 2.24) is 15.2 Å². The second-order valence-corrected chi connectivity index (χ2v) is 3.50. The zero-order valence-electron chi connectivity index (χ0n) is 8.14. The van der Waals surface area contributed by atoms with Crippen molar-refractivity contribution in [3.05, 3.63) is 35.8 Å². The average molecular weight is 198 g/mol. The number of nitrogens with one attached hydrogen (secondary N) is 1. The van der Waals surface area contributed by atoms with E-state index in [9.17, 15) is 0 Å². The standard InChI is InChI=1S/C11H10N4/c1-2-10(9-6-13-14-7-9)15-11-3-4-12-5-8(1)11/h1-2,5-7H,3-4H2,(H,13,14). The predicted molar refractivity (Wildman–Crippen MR) is 58.0 cm³/mol. The molecule has 1 aliphatic heterocycles. The van der Waals surface area contributed by atoms with Crippen molar-refractivity contribution in [1.29, 1.82) is 0 Å². The lowest BCUT2D eigenvalue weighted by Gasteiger charge is -2.09. The van der Waals surface area contributed by atoms with Crippen molar-refractivity contribution in [2.75, 3.05) is 6.54 Å². The summed E-state index contributed by atoms with van der Waals surface area (Å²) in [5.41, 5.74) is 4.26. The predicted octanol–water partition coefficient (Wildman–Crippen LogP) is 1.45. The molecule has 0 bridgehead atoms. The maximum absolute atomic E-state index is 4.60. The fraction of sp³-hybridized carbons (Fsp3) is 0.182. The molecule has 4 nitrogen and oxygen atoms in total. The monoisotopic (exact) mass is 198 g/mol. The van der Waals surface area contributed by atoms with Crippen LogP contribution in [0.5, 0.6) is 0 Å². The minimum atomic E-state index is 0.842. The lowest BCUT2D eigenvalue weighted by atomic mass is 10.1. The SMILES string of the molecule is C1=NCCc2nc(-c3cn[nH]c3)ccc21. The van der Waals surface area contributed by atoms with Crippen LogP contribution in [-0.2, 0) is 6.42 Å². The number of aromatic nitrogens is 3. The van der Waals surface area contributed by atoms with Crippen molar-refractivity contribution in [2.45, 2.75) is 6.42 Å². The first-order chi connectivity index (χ1) is 7.43. The highest BCUT2D eigenvalue weighted by molar-refractivity contribution is 5.82. The molecule has 0 radical (unpaired) electrons. The molecule has 15 heavy (non-hydrogen) atoms. The van der Waals surface area contributed by atoms with Crippen LogP contribution in [0.1, 0.15) is 11.3 Å². The molecular formula is C11H10N4. The Morgan fingerprint density at radius 3 is 3.13 bits per heavy atom. The molecule has 0 saturated carbocycles. The summed E-state index contributed by atoms with van der Waals surface area (Å²) in [4.78, 5) is 8.83. The van der Waals surface area contributed by atoms with Gasteiger partial charge in [0.2, 0.25) is 0 Å². The molecule has 1 aliphatic rings. The third-order valence-corrected chi connectivity index (χ3v) is 2.51. The van der Waals surface area contributed by atoms with E-state index in [2.05, 4.69) is 26.2 Å². The fourth-order valence-corrected chi connectivity index (χ4v) is 1.71. The second kappa shape index (κ2) is 3.31. The number of pyridine rings is 1. The molecule has 0 fully saturated rings. The molecule has 2 aromatic rings. The minimum Gasteiger partial charge on any atom is -0.292 e. The Labute approximate surface area is 87.1 Å². The highest BCUT2D eigenvalue weighted by Gasteiger charge is 2.08. The number of aliphatic imine (C=N–C) groups is 1. The number of hydrogen-bond donors (Lipinski definition) is 1. The number of nitrogens with zero attached hydrogens (tertiary/aromatic N) is 3. The van der Waals surface area contributed by atoms with E-state index >= 15 is 0 Å². The quantitative estimate of drug-likeness (QED) is 0.754. The first-order valence-corrected chi connectivity index (χ1v) is 4.92. The average Bonchev–Trinajstić information content (AvgIpc) is 2.82. The summed E-state index contributed by atoms with van der Waals surface area (Å²) < 4.78 is 0. The van der Waals surface area contributed by atoms with Gasteiger partial charge >= 0.3 is 0 Å². The van der Waals surface area contributed by atoms with Gasteiger partial charge in [-0.15, -0.1) is 0 Å². The van der Waals surface area contributed by atoms with E-state index in [4.69, 9.17) is 0 Å². The molecule has 0 aromatic carbocycles. The van der Waals surface area contributed by atoms with Crippen LogP contribution in [0.25, 0.3) is 11.3 Å². The first kappa shape index (κ1) is 8.35. The molecule has 3 heterocycles. The topological polar surface area (TPSA) is 53.9 Å². The number of hydrogen-bond acceptors (Lipinski definition) is 3. The normalized spacial score (nSPS) is 13.9. The third kappa shape index (κ3) is 1.44. The Balaban J connectivity index is 2.09. The van der Waals surface area contributed by atoms with E-state index in [-0.39, 0.29) is 0 Å². The second-order valence-electron chi connectivity index (χ2n) is 3.50. The van der Waals surface area contributed by atoms with E-state index in [0.29, 0.717) is 0 Å². The maximum atomic E-state index is 4.60. The zero-order valence-corrected chi connectivity index (χ0v) is 8.14. The molecule has 0 unspecified atom stereocenters. The van der Waals surface area contributed by atoms with Gasteiger partial charge in [-0.05, 0) is 12.1 Å². The first-order valence-electron chi connectivity index (χ1n) is 4.92. The summed E-state index contributed by atoms with van der Waals surface area (Å²) in [5.74, 6) is 0. The van der Waals surface area contributed by atoms with Crippen molar-refractivity contribution < 1.29 is 0 Å². The number of H-pyrrole nitrogens is 1. The summed E-state index contributed by atoms with van der Waals surface area (Å²) >= 11 is 0. The maximum Gasteiger partial charge on any atom is 0.0737 e. The van der Waals surface area contributed by atoms with Gasteiger partial charge in [-0.1, -0.05) is 0 Å². The van der Waals surface area contributed by atoms with E-state index in [0.717, 1.165) is 35.5 Å². The zero-order chi connectivity index (χ0) is 10.1. The molecule has 2 aromatic heterocycles. The van der Waals surface area contributed by atoms with E-state index in [1.165, 1.54) is 0 Å². The summed E-state index contributed by atoms with van der Waals surface area (Å²) in [7, 11) is 0. The van der Waals surface area contributed by atoms with E-state index < -0.39 is 0 Å². The van der Waals surface area contributed by atoms with Crippen LogP contribution >= 0.6 is 0 Å². The Morgan fingerprint density at radius 1 is 1.27 bits per heavy atom. The number of rotatable bonds is 1. The van der Waals surface area contributed by atoms with Gasteiger partial charge < -0.3 is 0 Å². The summed E-state index contributed by atoms with van der Waals surface area (Å²) in [6.45, 7) is 0.842. The molecular weight excluding hydrogens is 188 g/mol. The van der Waals surface area contributed by atoms with Crippen molar-refractivity contribution in [2.24, 2.45) is 4.99 Å². The Kier molecular flexibility index (Phi) is 1.84. The summed E-state index contributed by atoms with van der Waals surface area (Å²) in [5, 5.41) is 6.71. The number of aromatic amines is 1. The molecule has 0 spiro atoms. The van der Waals surface area contributed by atoms with Crippen molar-refractivity contribution >= 4 is 6.21 Å². The lowest BCUT2D eigenvalue weighted by Crippen LogP contribution is -2.05. The molecule has 0 atom stereocenters. The van der Waals surface area contributed by atoms with Crippen LogP contribution < -0.4 is 0 Å². The van der Waals surface area contributed by atoms with Gasteiger partial charge in [0.05, 0.1) is 17.6 Å². The molecule has 4 heteroatoms. The minimum absolute atomic E-state index is 0.842. The van der Waals surface area contributed by atoms with E-state index in [1.54, 1.807) is 6.20 Å². The van der Waals surface area contributed by atoms with Crippen LogP contribution in [0.3, 0.4) is 0 Å². The van der Waals surface area contributed by atoms with Crippen LogP contribution in [0.15, 0.2) is 29.5 Å². The van der Waals surface area contributed by atoms with Gasteiger partial charge in [-0.25, -0.2) is 0 Å². The van der Waals surface area contributed by atoms with Crippen molar-refractivity contribution in [3.63, 3.8) is 0 Å². The number of fused-ring (bicyclic) bond motifs is 1. The molecule has 3 rings (SSSR count).